The summed E-state index contributed by atoms with van der Waals surface area (Å²) >= 11 is 9.93. The number of aromatic nitrogens is 2. The van der Waals surface area contributed by atoms with Gasteiger partial charge in [-0.05, 0) is 47.6 Å². The van der Waals surface area contributed by atoms with Crippen LogP contribution in [0.4, 0.5) is 9.93 Å². The molecule has 176 valence electrons. The molecular weight excluding hydrogens is 494 g/mol. The van der Waals surface area contributed by atoms with Crippen LogP contribution in [0.2, 0.25) is 0 Å². The van der Waals surface area contributed by atoms with Crippen LogP contribution in [-0.2, 0) is 22.8 Å². The van der Waals surface area contributed by atoms with Crippen molar-refractivity contribution >= 4 is 53.4 Å². The van der Waals surface area contributed by atoms with E-state index in [0.717, 1.165) is 4.90 Å². The van der Waals surface area contributed by atoms with Crippen molar-refractivity contribution in [1.82, 2.24) is 10.2 Å². The maximum Gasteiger partial charge on any atom is 0.404 e. The van der Waals surface area contributed by atoms with E-state index in [1.165, 1.54) is 23.5 Å². The monoisotopic (exact) mass is 513 g/mol. The molecule has 3 aromatic rings. The molecule has 15 heteroatoms. The fraction of sp³-hybridized carbons (Fsp3) is 0.111. The third-order valence-electron chi connectivity index (χ3n) is 3.28. The van der Waals surface area contributed by atoms with Gasteiger partial charge in [0.25, 0.3) is 5.09 Å². The van der Waals surface area contributed by atoms with Gasteiger partial charge in [0, 0.05) is 4.90 Å². The number of rotatable bonds is 6. The smallest absolute Gasteiger partial charge is 0.404 e. The molecule has 1 heterocycles. The molecule has 0 radical (unpaired) electrons. The Labute approximate surface area is 201 Å². The van der Waals surface area contributed by atoms with Crippen molar-refractivity contribution in [2.24, 2.45) is 5.73 Å². The van der Waals surface area contributed by atoms with Gasteiger partial charge in [0.1, 0.15) is 13.2 Å². The van der Waals surface area contributed by atoms with Crippen LogP contribution in [0.25, 0.3) is 0 Å². The lowest BCUT2D eigenvalue weighted by atomic mass is 10.1. The van der Waals surface area contributed by atoms with Gasteiger partial charge >= 0.3 is 12.1 Å². The molecule has 0 unspecified atom stereocenters. The van der Waals surface area contributed by atoms with E-state index >= 15 is 0 Å². The maximum atomic E-state index is 10.4. The Bertz CT molecular complexity index is 1090. The number of nitrogens with two attached hydrogens (primary N) is 2. The number of nitrogen functional groups attached to an aromatic ring is 1. The van der Waals surface area contributed by atoms with Crippen molar-refractivity contribution in [1.29, 1.82) is 0 Å². The van der Waals surface area contributed by atoms with Crippen LogP contribution in [-0.4, -0.2) is 32.5 Å². The molecule has 1 aromatic heterocycles. The first-order valence-corrected chi connectivity index (χ1v) is 10.3. The molecule has 0 aliphatic heterocycles. The molecule has 0 bridgehead atoms. The second-order valence-corrected chi connectivity index (χ2v) is 7.94. The van der Waals surface area contributed by atoms with E-state index in [1.54, 1.807) is 36.4 Å². The molecule has 0 aliphatic carbocycles. The van der Waals surface area contributed by atoms with Crippen LogP contribution in [0, 0.1) is 14.1 Å². The van der Waals surface area contributed by atoms with E-state index in [0.29, 0.717) is 20.2 Å². The third kappa shape index (κ3) is 12.7. The summed E-state index contributed by atoms with van der Waals surface area (Å²) in [5.41, 5.74) is 11.6. The minimum Gasteiger partial charge on any atom is -0.478 e. The Hall–Kier alpha value is -3.69. The van der Waals surface area contributed by atoms with Gasteiger partial charge < -0.3 is 26.1 Å². The number of carbonyl (C=O) groups is 2. The van der Waals surface area contributed by atoms with Gasteiger partial charge in [0.2, 0.25) is 5.13 Å². The van der Waals surface area contributed by atoms with Gasteiger partial charge in [0.05, 0.1) is 5.56 Å². The number of thiol groups is 1. The van der Waals surface area contributed by atoms with Crippen molar-refractivity contribution < 1.29 is 29.4 Å². The maximum absolute atomic E-state index is 10.4. The van der Waals surface area contributed by atoms with Crippen LogP contribution in [0.1, 0.15) is 21.5 Å². The highest BCUT2D eigenvalue weighted by molar-refractivity contribution is 7.80. The Morgan fingerprint density at radius 2 is 1.82 bits per heavy atom. The van der Waals surface area contributed by atoms with Gasteiger partial charge in [-0.15, -0.1) is 27.8 Å². The highest BCUT2D eigenvalue weighted by Gasteiger charge is 2.01. The Kier molecular flexibility index (Phi) is 11.9. The number of H-pyrrole nitrogens is 1. The van der Waals surface area contributed by atoms with Gasteiger partial charge in [0.15, 0.2) is 3.95 Å². The molecule has 0 aliphatic rings. The lowest BCUT2D eigenvalue weighted by molar-refractivity contribution is -0.763. The van der Waals surface area contributed by atoms with Gasteiger partial charge in [-0.1, -0.05) is 35.6 Å². The Morgan fingerprint density at radius 1 is 1.21 bits per heavy atom. The van der Waals surface area contributed by atoms with Crippen LogP contribution in [0.3, 0.4) is 0 Å². The number of benzene rings is 2. The van der Waals surface area contributed by atoms with Crippen molar-refractivity contribution in [2.45, 2.75) is 18.1 Å². The quantitative estimate of drug-likeness (QED) is 0.141. The highest BCUT2D eigenvalue weighted by Crippen LogP contribution is 2.08. The number of hydrogen-bond donors (Lipinski definition) is 5. The van der Waals surface area contributed by atoms with Crippen LogP contribution < -0.4 is 11.5 Å². The average molecular weight is 514 g/mol. The summed E-state index contributed by atoms with van der Waals surface area (Å²) < 4.78 is 5.20. The molecule has 0 saturated heterocycles. The average Bonchev–Trinajstić information content (AvgIpc) is 3.15. The largest absolute Gasteiger partial charge is 0.478 e. The predicted octanol–water partition coefficient (Wildman–Crippen LogP) is 3.45. The molecule has 1 amide bonds. The summed E-state index contributed by atoms with van der Waals surface area (Å²) in [6.07, 6.45) is -0.869. The van der Waals surface area contributed by atoms with E-state index in [2.05, 4.69) is 44.6 Å². The third-order valence-corrected chi connectivity index (χ3v) is 4.49. The van der Waals surface area contributed by atoms with Crippen LogP contribution >= 0.6 is 36.2 Å². The lowest BCUT2D eigenvalue weighted by Gasteiger charge is -2.04. The number of ether oxygens (including phenoxy) is 1. The normalized spacial score (nSPS) is 9.36. The lowest BCUT2D eigenvalue weighted by Crippen LogP contribution is -2.12. The van der Waals surface area contributed by atoms with Crippen molar-refractivity contribution in [3.63, 3.8) is 0 Å². The molecule has 12 nitrogen and oxygen atoms in total. The molecule has 0 fully saturated rings. The number of carbonyl (C=O) groups excluding carboxylic acids is 1. The van der Waals surface area contributed by atoms with Gasteiger partial charge in [-0.3, -0.25) is 5.10 Å². The summed E-state index contributed by atoms with van der Waals surface area (Å²) in [4.78, 5) is 35.6. The predicted molar refractivity (Wildman–Crippen MR) is 125 cm³/mol. The standard InChI is InChI=1S/C9H10N2O5.C7H6O2S.C2H3N3S2/c10-9(12)15-5-7-2-1-3-8(4-7)6-16-11(13)14;8-7(9)5-1-3-6(10)4-2-5;3-1-4-5-2(6)7-1/h1-4H,5-6H2,(H2,10,12);1-4,10H,(H,8,9);(H2,3,4)(H,5,6). The summed E-state index contributed by atoms with van der Waals surface area (Å²) in [7, 11) is 0. The first kappa shape index (κ1) is 27.3. The second kappa shape index (κ2) is 14.4. The molecule has 0 atom stereocenters. The number of carboxylic acids is 1. The minimum atomic E-state index is -0.909. The number of nitrogens with one attached hydrogen (secondary N) is 1. The van der Waals surface area contributed by atoms with Crippen LogP contribution in [0.5, 0.6) is 0 Å². The zero-order chi connectivity index (χ0) is 24.8. The summed E-state index contributed by atoms with van der Waals surface area (Å²) in [6.45, 7) is -0.112. The number of anilines is 1. The molecular formula is C18H19N5O7S3. The number of amides is 1. The molecule has 0 spiro atoms. The SMILES string of the molecule is NC(=O)OCc1cccc(CO[N+](=O)[O-])c1.Nc1n[nH]c(=S)s1.O=C(O)c1ccc(S)cc1. The minimum absolute atomic E-state index is 0.0294. The number of aromatic carboxylic acids is 1. The van der Waals surface area contributed by atoms with E-state index in [4.69, 9.17) is 16.6 Å². The number of hydrogen-bond acceptors (Lipinski definition) is 11. The molecule has 3 rings (SSSR count). The topological polar surface area (TPSA) is 197 Å². The van der Waals surface area contributed by atoms with E-state index in [9.17, 15) is 19.7 Å². The molecule has 0 saturated carbocycles. The highest BCUT2D eigenvalue weighted by atomic mass is 32.1. The van der Waals surface area contributed by atoms with Crippen LogP contribution in [0.15, 0.2) is 53.4 Å². The number of nitrogens with zero attached hydrogens (tertiary/aromatic N) is 2. The Balaban J connectivity index is 0.000000271. The number of aromatic amines is 1. The number of primary amides is 1. The summed E-state index contributed by atoms with van der Waals surface area (Å²) in [5.74, 6) is -0.909. The molecule has 6 N–H and O–H groups in total. The van der Waals surface area contributed by atoms with Gasteiger partial charge in [-0.2, -0.15) is 0 Å². The summed E-state index contributed by atoms with van der Waals surface area (Å²) in [6, 6.07) is 13.0. The van der Waals surface area contributed by atoms with E-state index < -0.39 is 17.1 Å². The fourth-order valence-corrected chi connectivity index (χ4v) is 2.76. The zero-order valence-electron chi connectivity index (χ0n) is 16.7. The molecule has 2 aromatic carbocycles. The number of carboxylic acid groups (broad SMARTS) is 1. The van der Waals surface area contributed by atoms with E-state index in [-0.39, 0.29) is 18.8 Å². The van der Waals surface area contributed by atoms with Crippen molar-refractivity contribution in [2.75, 3.05) is 5.73 Å². The first-order chi connectivity index (χ1) is 15.6. The molecule has 33 heavy (non-hydrogen) atoms. The fourth-order valence-electron chi connectivity index (χ4n) is 1.94. The van der Waals surface area contributed by atoms with E-state index in [1.807, 2.05) is 0 Å². The van der Waals surface area contributed by atoms with Crippen molar-refractivity contribution in [3.05, 3.63) is 79.3 Å². The Morgan fingerprint density at radius 3 is 2.24 bits per heavy atom. The summed E-state index contributed by atoms with van der Waals surface area (Å²) in [5, 5.41) is 24.2. The second-order valence-electron chi connectivity index (χ2n) is 5.73. The van der Waals surface area contributed by atoms with Gasteiger partial charge in [-0.25, -0.2) is 9.59 Å². The zero-order valence-corrected chi connectivity index (χ0v) is 19.3. The van der Waals surface area contributed by atoms with Crippen molar-refractivity contribution in [3.8, 4) is 0 Å². The first-order valence-electron chi connectivity index (χ1n) is 8.67.